The van der Waals surface area contributed by atoms with Crippen LogP contribution in [0.2, 0.25) is 0 Å². The Kier molecular flexibility index (Phi) is 4.22. The number of thiophene rings is 1. The van der Waals surface area contributed by atoms with E-state index in [4.69, 9.17) is 5.73 Å². The van der Waals surface area contributed by atoms with Crippen LogP contribution in [0.15, 0.2) is 41.8 Å². The molecule has 2 aromatic heterocycles. The molecule has 0 saturated carbocycles. The molecule has 0 saturated heterocycles. The molecule has 3 aromatic rings. The number of aromatic nitrogens is 1. The standard InChI is InChI=1S/C16H15N3OS2/c1-10-5-2-3-6-11(10)18-14(20)9-13-15(19-16(17)22-13)12-7-4-8-21-12/h2-8H,9H2,1H3,(H2,17,19)(H,18,20). The molecule has 0 bridgehead atoms. The number of nitrogens with zero attached hydrogens (tertiary/aromatic N) is 1. The molecule has 112 valence electrons. The Bertz CT molecular complexity index is 794. The van der Waals surface area contributed by atoms with Crippen molar-refractivity contribution in [2.45, 2.75) is 13.3 Å². The van der Waals surface area contributed by atoms with Gasteiger partial charge < -0.3 is 11.1 Å². The number of rotatable bonds is 4. The highest BCUT2D eigenvalue weighted by Gasteiger charge is 2.16. The summed E-state index contributed by atoms with van der Waals surface area (Å²) in [5, 5.41) is 5.42. The third-order valence-corrected chi connectivity index (χ3v) is 4.97. The fourth-order valence-electron chi connectivity index (χ4n) is 2.15. The Hall–Kier alpha value is -2.18. The molecule has 22 heavy (non-hydrogen) atoms. The molecule has 0 fully saturated rings. The summed E-state index contributed by atoms with van der Waals surface area (Å²) in [5.41, 5.74) is 8.51. The first kappa shape index (κ1) is 14.7. The lowest BCUT2D eigenvalue weighted by atomic mass is 10.2. The van der Waals surface area contributed by atoms with Crippen molar-refractivity contribution < 1.29 is 4.79 Å². The maximum atomic E-state index is 12.3. The summed E-state index contributed by atoms with van der Waals surface area (Å²) in [6, 6.07) is 11.7. The molecule has 0 atom stereocenters. The van der Waals surface area contributed by atoms with Gasteiger partial charge in [0.15, 0.2) is 5.13 Å². The predicted molar refractivity (Wildman–Crippen MR) is 93.4 cm³/mol. The van der Waals surface area contributed by atoms with E-state index in [0.29, 0.717) is 5.13 Å². The summed E-state index contributed by atoms with van der Waals surface area (Å²) in [6.45, 7) is 1.97. The molecule has 0 aliphatic heterocycles. The van der Waals surface area contributed by atoms with E-state index in [2.05, 4.69) is 10.3 Å². The summed E-state index contributed by atoms with van der Waals surface area (Å²) in [7, 11) is 0. The monoisotopic (exact) mass is 329 g/mol. The molecule has 2 heterocycles. The van der Waals surface area contributed by atoms with Gasteiger partial charge in [0.05, 0.1) is 17.0 Å². The van der Waals surface area contributed by atoms with E-state index in [1.807, 2.05) is 48.7 Å². The third kappa shape index (κ3) is 3.18. The molecular formula is C16H15N3OS2. The summed E-state index contributed by atoms with van der Waals surface area (Å²) in [4.78, 5) is 18.6. The van der Waals surface area contributed by atoms with Gasteiger partial charge in [-0.3, -0.25) is 4.79 Å². The van der Waals surface area contributed by atoms with E-state index in [1.165, 1.54) is 11.3 Å². The van der Waals surface area contributed by atoms with Gasteiger partial charge in [0, 0.05) is 10.6 Å². The SMILES string of the molecule is Cc1ccccc1NC(=O)Cc1sc(N)nc1-c1cccs1. The van der Waals surface area contributed by atoms with Crippen LogP contribution in [0.4, 0.5) is 10.8 Å². The largest absolute Gasteiger partial charge is 0.375 e. The highest BCUT2D eigenvalue weighted by molar-refractivity contribution is 7.17. The highest BCUT2D eigenvalue weighted by Crippen LogP contribution is 2.33. The number of benzene rings is 1. The van der Waals surface area contributed by atoms with Crippen LogP contribution in [-0.2, 0) is 11.2 Å². The molecular weight excluding hydrogens is 314 g/mol. The van der Waals surface area contributed by atoms with Crippen molar-refractivity contribution in [2.24, 2.45) is 0 Å². The highest BCUT2D eigenvalue weighted by atomic mass is 32.1. The summed E-state index contributed by atoms with van der Waals surface area (Å²) in [6.07, 6.45) is 0.274. The Balaban J connectivity index is 1.79. The fourth-order valence-corrected chi connectivity index (χ4v) is 3.80. The molecule has 3 N–H and O–H groups in total. The smallest absolute Gasteiger partial charge is 0.229 e. The fraction of sp³-hybridized carbons (Fsp3) is 0.125. The molecule has 1 aromatic carbocycles. The van der Waals surface area contributed by atoms with Crippen molar-refractivity contribution in [3.05, 3.63) is 52.2 Å². The maximum Gasteiger partial charge on any atom is 0.229 e. The van der Waals surface area contributed by atoms with Crippen molar-refractivity contribution in [1.29, 1.82) is 0 Å². The number of aryl methyl sites for hydroxylation is 1. The Morgan fingerprint density at radius 2 is 2.09 bits per heavy atom. The van der Waals surface area contributed by atoms with Gasteiger partial charge >= 0.3 is 0 Å². The van der Waals surface area contributed by atoms with Gasteiger partial charge in [-0.1, -0.05) is 24.3 Å². The second-order valence-corrected chi connectivity index (χ2v) is 6.90. The van der Waals surface area contributed by atoms with E-state index in [1.54, 1.807) is 11.3 Å². The number of carbonyl (C=O) groups is 1. The number of nitrogens with one attached hydrogen (secondary N) is 1. The number of carbonyl (C=O) groups excluding carboxylic acids is 1. The maximum absolute atomic E-state index is 12.3. The van der Waals surface area contributed by atoms with E-state index >= 15 is 0 Å². The topological polar surface area (TPSA) is 68.0 Å². The molecule has 0 aliphatic rings. The van der Waals surface area contributed by atoms with Crippen molar-refractivity contribution in [2.75, 3.05) is 11.1 Å². The minimum absolute atomic E-state index is 0.0595. The van der Waals surface area contributed by atoms with Crippen LogP contribution in [0.1, 0.15) is 10.4 Å². The van der Waals surface area contributed by atoms with Crippen LogP contribution in [0, 0.1) is 6.92 Å². The number of para-hydroxylation sites is 1. The average Bonchev–Trinajstić information content (AvgIpc) is 3.11. The molecule has 6 heteroatoms. The predicted octanol–water partition coefficient (Wildman–Crippen LogP) is 3.94. The van der Waals surface area contributed by atoms with Crippen molar-refractivity contribution in [3.8, 4) is 10.6 Å². The number of amides is 1. The Labute approximate surface area is 136 Å². The number of hydrogen-bond acceptors (Lipinski definition) is 5. The minimum Gasteiger partial charge on any atom is -0.375 e. The van der Waals surface area contributed by atoms with Crippen molar-refractivity contribution in [3.63, 3.8) is 0 Å². The van der Waals surface area contributed by atoms with Crippen LogP contribution in [-0.4, -0.2) is 10.9 Å². The zero-order valence-corrected chi connectivity index (χ0v) is 13.6. The molecule has 0 aliphatic carbocycles. The van der Waals surface area contributed by atoms with Crippen LogP contribution >= 0.6 is 22.7 Å². The van der Waals surface area contributed by atoms with Crippen molar-refractivity contribution >= 4 is 39.4 Å². The lowest BCUT2D eigenvalue weighted by Crippen LogP contribution is -2.14. The number of nitrogen functional groups attached to an aromatic ring is 1. The van der Waals surface area contributed by atoms with Crippen LogP contribution in [0.5, 0.6) is 0 Å². The van der Waals surface area contributed by atoms with Gasteiger partial charge in [-0.2, -0.15) is 0 Å². The first-order chi connectivity index (χ1) is 10.6. The quantitative estimate of drug-likeness (QED) is 0.761. The molecule has 4 nitrogen and oxygen atoms in total. The number of anilines is 2. The minimum atomic E-state index is -0.0595. The summed E-state index contributed by atoms with van der Waals surface area (Å²) in [5.74, 6) is -0.0595. The van der Waals surface area contributed by atoms with Crippen LogP contribution < -0.4 is 11.1 Å². The zero-order valence-electron chi connectivity index (χ0n) is 12.0. The summed E-state index contributed by atoms with van der Waals surface area (Å²) < 4.78 is 0. The van der Waals surface area contributed by atoms with Crippen molar-refractivity contribution in [1.82, 2.24) is 4.98 Å². The van der Waals surface area contributed by atoms with Gasteiger partial charge in [-0.25, -0.2) is 4.98 Å². The van der Waals surface area contributed by atoms with Crippen LogP contribution in [0.25, 0.3) is 10.6 Å². The molecule has 3 rings (SSSR count). The molecule has 0 unspecified atom stereocenters. The van der Waals surface area contributed by atoms with E-state index in [0.717, 1.165) is 26.7 Å². The van der Waals surface area contributed by atoms with E-state index in [-0.39, 0.29) is 12.3 Å². The second kappa shape index (κ2) is 6.29. The average molecular weight is 329 g/mol. The lowest BCUT2D eigenvalue weighted by Gasteiger charge is -2.07. The van der Waals surface area contributed by atoms with Gasteiger partial charge in [0.1, 0.15) is 0 Å². The van der Waals surface area contributed by atoms with Gasteiger partial charge in [-0.15, -0.1) is 22.7 Å². The molecule has 1 amide bonds. The second-order valence-electron chi connectivity index (χ2n) is 4.84. The molecule has 0 spiro atoms. The van der Waals surface area contributed by atoms with Gasteiger partial charge in [0.2, 0.25) is 5.91 Å². The molecule has 0 radical (unpaired) electrons. The lowest BCUT2D eigenvalue weighted by molar-refractivity contribution is -0.115. The normalized spacial score (nSPS) is 10.6. The number of nitrogens with two attached hydrogens (primary N) is 1. The Morgan fingerprint density at radius 1 is 1.27 bits per heavy atom. The van der Waals surface area contributed by atoms with Crippen LogP contribution in [0.3, 0.4) is 0 Å². The first-order valence-corrected chi connectivity index (χ1v) is 8.47. The third-order valence-electron chi connectivity index (χ3n) is 3.21. The van der Waals surface area contributed by atoms with Gasteiger partial charge in [0.25, 0.3) is 0 Å². The van der Waals surface area contributed by atoms with E-state index < -0.39 is 0 Å². The zero-order chi connectivity index (χ0) is 15.5. The number of thiazole rings is 1. The first-order valence-electron chi connectivity index (χ1n) is 6.78. The number of hydrogen-bond donors (Lipinski definition) is 2. The van der Waals surface area contributed by atoms with Gasteiger partial charge in [-0.05, 0) is 30.0 Å². The summed E-state index contributed by atoms with van der Waals surface area (Å²) >= 11 is 2.96. The Morgan fingerprint density at radius 3 is 2.82 bits per heavy atom. The van der Waals surface area contributed by atoms with E-state index in [9.17, 15) is 4.79 Å².